The molecule has 0 aliphatic carbocycles. The molecular formula is C26H21ClO3. The molecule has 0 radical (unpaired) electrons. The van der Waals surface area contributed by atoms with E-state index in [1.807, 2.05) is 30.3 Å². The van der Waals surface area contributed by atoms with E-state index in [1.54, 1.807) is 36.8 Å². The molecule has 0 saturated heterocycles. The zero-order valence-electron chi connectivity index (χ0n) is 16.3. The molecule has 4 heteroatoms. The molecule has 0 fully saturated rings. The van der Waals surface area contributed by atoms with Crippen molar-refractivity contribution in [3.63, 3.8) is 0 Å². The summed E-state index contributed by atoms with van der Waals surface area (Å²) in [4.78, 5) is 0. The molecule has 0 amide bonds. The van der Waals surface area contributed by atoms with Crippen LogP contribution in [0.3, 0.4) is 0 Å². The van der Waals surface area contributed by atoms with Gasteiger partial charge in [-0.1, -0.05) is 48.5 Å². The van der Waals surface area contributed by atoms with Crippen LogP contribution in [0.15, 0.2) is 95.8 Å². The van der Waals surface area contributed by atoms with Gasteiger partial charge in [0, 0.05) is 11.4 Å². The summed E-state index contributed by atoms with van der Waals surface area (Å²) in [7, 11) is 0. The Hall–Kier alpha value is -3.43. The van der Waals surface area contributed by atoms with E-state index in [0.717, 1.165) is 39.0 Å². The van der Waals surface area contributed by atoms with Crippen molar-refractivity contribution in [2.45, 2.75) is 6.42 Å². The van der Waals surface area contributed by atoms with Gasteiger partial charge < -0.3 is 14.6 Å². The second-order valence-electron chi connectivity index (χ2n) is 6.98. The van der Waals surface area contributed by atoms with Gasteiger partial charge in [0.1, 0.15) is 11.5 Å². The fourth-order valence-electron chi connectivity index (χ4n) is 3.57. The maximum Gasteiger partial charge on any atom is 0.115 e. The lowest BCUT2D eigenvalue weighted by atomic mass is 9.87. The maximum absolute atomic E-state index is 9.75. The number of phenols is 2. The van der Waals surface area contributed by atoms with Crippen LogP contribution in [-0.4, -0.2) is 16.1 Å². The summed E-state index contributed by atoms with van der Waals surface area (Å²) in [5.41, 5.74) is 7.23. The van der Waals surface area contributed by atoms with Crippen molar-refractivity contribution in [3.8, 4) is 22.6 Å². The molecule has 0 saturated carbocycles. The highest BCUT2D eigenvalue weighted by molar-refractivity contribution is 6.18. The monoisotopic (exact) mass is 416 g/mol. The van der Waals surface area contributed by atoms with Crippen LogP contribution in [0.25, 0.3) is 22.3 Å². The standard InChI is InChI=1S/C26H21ClO3/c27-15-13-25(19-3-1-18(2-4-19)22-14-16-30-17-22)26(20-5-9-23(28)10-6-20)21-7-11-24(29)12-8-21/h1-12,14,16-17,28-29H,13,15H2. The highest BCUT2D eigenvalue weighted by atomic mass is 35.5. The highest BCUT2D eigenvalue weighted by Gasteiger charge is 2.15. The molecule has 2 N–H and O–H groups in total. The van der Waals surface area contributed by atoms with Gasteiger partial charge in [0.15, 0.2) is 0 Å². The van der Waals surface area contributed by atoms with E-state index in [-0.39, 0.29) is 11.5 Å². The lowest BCUT2D eigenvalue weighted by molar-refractivity contribution is 0.475. The number of rotatable bonds is 6. The molecule has 30 heavy (non-hydrogen) atoms. The first-order valence-electron chi connectivity index (χ1n) is 9.66. The van der Waals surface area contributed by atoms with Gasteiger partial charge >= 0.3 is 0 Å². The summed E-state index contributed by atoms with van der Waals surface area (Å²) in [5, 5.41) is 19.5. The Balaban J connectivity index is 1.88. The first-order chi connectivity index (χ1) is 14.7. The van der Waals surface area contributed by atoms with Crippen LogP contribution >= 0.6 is 11.6 Å². The molecular weight excluding hydrogens is 396 g/mol. The molecule has 4 aromatic rings. The van der Waals surface area contributed by atoms with Gasteiger partial charge in [-0.2, -0.15) is 0 Å². The molecule has 0 aliphatic rings. The Kier molecular flexibility index (Phi) is 5.92. The van der Waals surface area contributed by atoms with Crippen molar-refractivity contribution < 1.29 is 14.6 Å². The summed E-state index contributed by atoms with van der Waals surface area (Å²) in [6, 6.07) is 24.5. The number of allylic oxidation sites excluding steroid dienone is 1. The van der Waals surface area contributed by atoms with Gasteiger partial charge in [-0.15, -0.1) is 11.6 Å². The Bertz CT molecular complexity index is 1080. The second kappa shape index (κ2) is 8.93. The van der Waals surface area contributed by atoms with E-state index in [1.165, 1.54) is 0 Å². The lowest BCUT2D eigenvalue weighted by Crippen LogP contribution is -1.97. The molecule has 1 aromatic heterocycles. The number of phenolic OH excluding ortho intramolecular Hbond substituents is 2. The summed E-state index contributed by atoms with van der Waals surface area (Å²) in [6.07, 6.45) is 4.06. The quantitative estimate of drug-likeness (QED) is 0.264. The SMILES string of the molecule is Oc1ccc(C(=C(CCCl)c2ccc(-c3ccoc3)cc2)c2ccc(O)cc2)cc1. The van der Waals surface area contributed by atoms with Gasteiger partial charge in [0.25, 0.3) is 0 Å². The molecule has 0 spiro atoms. The van der Waals surface area contributed by atoms with Gasteiger partial charge in [-0.05, 0) is 70.2 Å². The minimum Gasteiger partial charge on any atom is -0.508 e. The number of alkyl halides is 1. The first-order valence-corrected chi connectivity index (χ1v) is 10.2. The number of aromatic hydroxyl groups is 2. The fourth-order valence-corrected chi connectivity index (χ4v) is 3.76. The fraction of sp³-hybridized carbons (Fsp3) is 0.0769. The molecule has 0 aliphatic heterocycles. The first kappa shape index (κ1) is 19.9. The van der Waals surface area contributed by atoms with Gasteiger partial charge in [0.2, 0.25) is 0 Å². The third-order valence-electron chi connectivity index (χ3n) is 5.05. The van der Waals surface area contributed by atoms with Crippen molar-refractivity contribution in [2.75, 3.05) is 5.88 Å². The predicted molar refractivity (Wildman–Crippen MR) is 122 cm³/mol. The van der Waals surface area contributed by atoms with E-state index in [0.29, 0.717) is 12.3 Å². The third kappa shape index (κ3) is 4.27. The molecule has 150 valence electrons. The van der Waals surface area contributed by atoms with E-state index in [9.17, 15) is 10.2 Å². The van der Waals surface area contributed by atoms with E-state index in [4.69, 9.17) is 16.0 Å². The van der Waals surface area contributed by atoms with Gasteiger partial charge in [0.05, 0.1) is 12.5 Å². The van der Waals surface area contributed by atoms with E-state index < -0.39 is 0 Å². The Labute approximate surface area is 180 Å². The van der Waals surface area contributed by atoms with Crippen molar-refractivity contribution in [1.29, 1.82) is 0 Å². The minimum atomic E-state index is 0.215. The van der Waals surface area contributed by atoms with Crippen LogP contribution < -0.4 is 0 Å². The van der Waals surface area contributed by atoms with Crippen LogP contribution in [0, 0.1) is 0 Å². The van der Waals surface area contributed by atoms with Crippen molar-refractivity contribution in [3.05, 3.63) is 108 Å². The lowest BCUT2D eigenvalue weighted by Gasteiger charge is -2.17. The third-order valence-corrected chi connectivity index (χ3v) is 5.24. The second-order valence-corrected chi connectivity index (χ2v) is 7.35. The molecule has 1 heterocycles. The maximum atomic E-state index is 9.75. The van der Waals surface area contributed by atoms with E-state index >= 15 is 0 Å². The highest BCUT2D eigenvalue weighted by Crippen LogP contribution is 2.36. The van der Waals surface area contributed by atoms with Crippen LogP contribution in [0.4, 0.5) is 0 Å². The largest absolute Gasteiger partial charge is 0.508 e. The smallest absolute Gasteiger partial charge is 0.115 e. The molecule has 0 unspecified atom stereocenters. The Morgan fingerprint density at radius 3 is 1.67 bits per heavy atom. The van der Waals surface area contributed by atoms with Crippen molar-refractivity contribution >= 4 is 22.7 Å². The summed E-state index contributed by atoms with van der Waals surface area (Å²) >= 11 is 6.20. The summed E-state index contributed by atoms with van der Waals surface area (Å²) < 4.78 is 5.19. The molecule has 0 atom stereocenters. The van der Waals surface area contributed by atoms with Crippen LogP contribution in [-0.2, 0) is 0 Å². The Morgan fingerprint density at radius 2 is 1.20 bits per heavy atom. The Morgan fingerprint density at radius 1 is 0.667 bits per heavy atom. The average Bonchev–Trinajstić information content (AvgIpc) is 3.31. The molecule has 4 rings (SSSR count). The van der Waals surface area contributed by atoms with E-state index in [2.05, 4.69) is 24.3 Å². The summed E-state index contributed by atoms with van der Waals surface area (Å²) in [6.45, 7) is 0. The van der Waals surface area contributed by atoms with Crippen LogP contribution in [0.5, 0.6) is 11.5 Å². The van der Waals surface area contributed by atoms with Crippen LogP contribution in [0.1, 0.15) is 23.1 Å². The summed E-state index contributed by atoms with van der Waals surface area (Å²) in [5.74, 6) is 0.901. The van der Waals surface area contributed by atoms with Crippen molar-refractivity contribution in [2.24, 2.45) is 0 Å². The van der Waals surface area contributed by atoms with Crippen LogP contribution in [0.2, 0.25) is 0 Å². The number of hydrogen-bond acceptors (Lipinski definition) is 3. The number of benzene rings is 3. The van der Waals surface area contributed by atoms with Gasteiger partial charge in [-0.3, -0.25) is 0 Å². The molecule has 3 aromatic carbocycles. The number of halogens is 1. The normalized spacial score (nSPS) is 10.7. The van der Waals surface area contributed by atoms with Gasteiger partial charge in [-0.25, -0.2) is 0 Å². The topological polar surface area (TPSA) is 53.6 Å². The molecule has 0 bridgehead atoms. The number of furan rings is 1. The zero-order chi connectivity index (χ0) is 20.9. The molecule has 3 nitrogen and oxygen atoms in total. The predicted octanol–water partition coefficient (Wildman–Crippen LogP) is 6.95. The number of hydrogen-bond donors (Lipinski definition) is 2. The minimum absolute atomic E-state index is 0.215. The average molecular weight is 417 g/mol. The van der Waals surface area contributed by atoms with Crippen molar-refractivity contribution in [1.82, 2.24) is 0 Å². The zero-order valence-corrected chi connectivity index (χ0v) is 17.0.